The highest BCUT2D eigenvalue weighted by molar-refractivity contribution is 6.08. The van der Waals surface area contributed by atoms with E-state index in [4.69, 9.17) is 0 Å². The molecule has 1 saturated carbocycles. The number of nitrogens with one attached hydrogen (secondary N) is 1. The lowest BCUT2D eigenvalue weighted by Gasteiger charge is -2.06. The molecule has 18 heavy (non-hydrogen) atoms. The fourth-order valence-corrected chi connectivity index (χ4v) is 2.16. The summed E-state index contributed by atoms with van der Waals surface area (Å²) in [5.74, 6) is 0.946. The van der Waals surface area contributed by atoms with E-state index in [1.165, 1.54) is 12.8 Å². The fourth-order valence-electron chi connectivity index (χ4n) is 2.16. The van der Waals surface area contributed by atoms with Crippen LogP contribution in [0.4, 0.5) is 0 Å². The lowest BCUT2D eigenvalue weighted by molar-refractivity contribution is 0.0992. The van der Waals surface area contributed by atoms with Crippen molar-refractivity contribution in [3.63, 3.8) is 0 Å². The average molecular weight is 240 g/mol. The number of ketones is 1. The number of nitrogens with zero attached hydrogens (tertiary/aromatic N) is 1. The molecule has 0 amide bonds. The van der Waals surface area contributed by atoms with Gasteiger partial charge in [-0.05, 0) is 36.8 Å². The van der Waals surface area contributed by atoms with Crippen LogP contribution in [-0.4, -0.2) is 23.9 Å². The summed E-state index contributed by atoms with van der Waals surface area (Å²) in [5, 5.41) is 5.25. The SMILES string of the molecule is O=C(CNCC1CC1)c1cccc2ccncc12. The number of carbonyl (C=O) groups excluding carboxylic acids is 1. The summed E-state index contributed by atoms with van der Waals surface area (Å²) in [4.78, 5) is 16.3. The van der Waals surface area contributed by atoms with Crippen LogP contribution in [0.3, 0.4) is 0 Å². The molecule has 0 bridgehead atoms. The van der Waals surface area contributed by atoms with Crippen molar-refractivity contribution in [3.05, 3.63) is 42.2 Å². The van der Waals surface area contributed by atoms with Crippen LogP contribution in [0, 0.1) is 5.92 Å². The van der Waals surface area contributed by atoms with Gasteiger partial charge in [-0.3, -0.25) is 9.78 Å². The van der Waals surface area contributed by atoms with Gasteiger partial charge in [0.2, 0.25) is 0 Å². The van der Waals surface area contributed by atoms with Crippen LogP contribution in [-0.2, 0) is 0 Å². The van der Waals surface area contributed by atoms with E-state index in [9.17, 15) is 4.79 Å². The van der Waals surface area contributed by atoms with Crippen molar-refractivity contribution < 1.29 is 4.79 Å². The van der Waals surface area contributed by atoms with Gasteiger partial charge >= 0.3 is 0 Å². The van der Waals surface area contributed by atoms with Crippen LogP contribution in [0.1, 0.15) is 23.2 Å². The fraction of sp³-hybridized carbons (Fsp3) is 0.333. The summed E-state index contributed by atoms with van der Waals surface area (Å²) in [5.41, 5.74) is 0.767. The van der Waals surface area contributed by atoms with Crippen molar-refractivity contribution in [3.8, 4) is 0 Å². The van der Waals surface area contributed by atoms with Crippen LogP contribution in [0.2, 0.25) is 0 Å². The number of hydrogen-bond acceptors (Lipinski definition) is 3. The molecule has 0 saturated heterocycles. The number of rotatable bonds is 5. The first-order valence-corrected chi connectivity index (χ1v) is 6.41. The predicted molar refractivity (Wildman–Crippen MR) is 71.7 cm³/mol. The Kier molecular flexibility index (Phi) is 3.07. The summed E-state index contributed by atoms with van der Waals surface area (Å²) < 4.78 is 0. The van der Waals surface area contributed by atoms with E-state index in [2.05, 4.69) is 10.3 Å². The maximum Gasteiger partial charge on any atom is 0.177 e. The number of hydrogen-bond donors (Lipinski definition) is 1. The second-order valence-corrected chi connectivity index (χ2v) is 4.90. The maximum atomic E-state index is 12.2. The molecule has 1 fully saturated rings. The first kappa shape index (κ1) is 11.4. The molecule has 1 aliphatic rings. The van der Waals surface area contributed by atoms with Crippen molar-refractivity contribution in [1.82, 2.24) is 10.3 Å². The molecule has 1 heterocycles. The maximum absolute atomic E-state index is 12.2. The van der Waals surface area contributed by atoms with Gasteiger partial charge in [0.05, 0.1) is 6.54 Å². The number of fused-ring (bicyclic) bond motifs is 1. The Bertz CT molecular complexity index is 570. The zero-order chi connectivity index (χ0) is 12.4. The number of benzene rings is 1. The standard InChI is InChI=1S/C15H16N2O/c18-15(10-17-8-11-4-5-11)13-3-1-2-12-6-7-16-9-14(12)13/h1-3,6-7,9,11,17H,4-5,8,10H2. The number of aromatic nitrogens is 1. The first-order chi connectivity index (χ1) is 8.84. The Labute approximate surface area is 106 Å². The third-order valence-corrected chi connectivity index (χ3v) is 3.40. The van der Waals surface area contributed by atoms with Crippen LogP contribution >= 0.6 is 0 Å². The van der Waals surface area contributed by atoms with Crippen molar-refractivity contribution in [2.45, 2.75) is 12.8 Å². The summed E-state index contributed by atoms with van der Waals surface area (Å²) >= 11 is 0. The summed E-state index contributed by atoms with van der Waals surface area (Å²) in [7, 11) is 0. The monoisotopic (exact) mass is 240 g/mol. The molecular weight excluding hydrogens is 224 g/mol. The van der Waals surface area contributed by atoms with Gasteiger partial charge < -0.3 is 5.32 Å². The Morgan fingerprint density at radius 1 is 1.33 bits per heavy atom. The molecule has 0 aliphatic heterocycles. The normalized spacial score (nSPS) is 14.9. The Morgan fingerprint density at radius 3 is 3.06 bits per heavy atom. The minimum atomic E-state index is 0.147. The smallest absolute Gasteiger partial charge is 0.177 e. The van der Waals surface area contributed by atoms with E-state index in [1.807, 2.05) is 24.3 Å². The molecule has 1 N–H and O–H groups in total. The molecule has 3 heteroatoms. The molecule has 0 radical (unpaired) electrons. The molecule has 1 aliphatic carbocycles. The van der Waals surface area contributed by atoms with E-state index in [1.54, 1.807) is 12.4 Å². The molecule has 3 nitrogen and oxygen atoms in total. The third-order valence-electron chi connectivity index (χ3n) is 3.40. The van der Waals surface area contributed by atoms with E-state index in [0.29, 0.717) is 6.54 Å². The molecule has 2 aromatic rings. The van der Waals surface area contributed by atoms with E-state index in [-0.39, 0.29) is 5.78 Å². The zero-order valence-electron chi connectivity index (χ0n) is 10.2. The second kappa shape index (κ2) is 4.86. The molecule has 92 valence electrons. The summed E-state index contributed by atoms with van der Waals surface area (Å²) in [6.07, 6.45) is 6.13. The molecule has 0 spiro atoms. The number of Topliss-reactive ketones (excluding diaryl/α,β-unsaturated/α-hetero) is 1. The van der Waals surface area contributed by atoms with E-state index >= 15 is 0 Å². The van der Waals surface area contributed by atoms with E-state index < -0.39 is 0 Å². The highest BCUT2D eigenvalue weighted by Crippen LogP contribution is 2.27. The van der Waals surface area contributed by atoms with Crippen molar-refractivity contribution in [2.75, 3.05) is 13.1 Å². The molecule has 0 unspecified atom stereocenters. The largest absolute Gasteiger partial charge is 0.309 e. The lowest BCUT2D eigenvalue weighted by atomic mass is 10.0. The zero-order valence-corrected chi connectivity index (χ0v) is 10.2. The van der Waals surface area contributed by atoms with Gasteiger partial charge in [-0.15, -0.1) is 0 Å². The Balaban J connectivity index is 1.77. The molecule has 3 rings (SSSR count). The van der Waals surface area contributed by atoms with Gasteiger partial charge in [-0.2, -0.15) is 0 Å². The topological polar surface area (TPSA) is 42.0 Å². The summed E-state index contributed by atoms with van der Waals surface area (Å²) in [6.45, 7) is 1.39. The van der Waals surface area contributed by atoms with Crippen molar-refractivity contribution >= 4 is 16.6 Å². The highest BCUT2D eigenvalue weighted by atomic mass is 16.1. The molecule has 1 aromatic carbocycles. The molecule has 1 aromatic heterocycles. The van der Waals surface area contributed by atoms with Gasteiger partial charge in [0.25, 0.3) is 0 Å². The number of pyridine rings is 1. The molecule has 0 atom stereocenters. The van der Waals surface area contributed by atoms with Gasteiger partial charge in [0.1, 0.15) is 0 Å². The van der Waals surface area contributed by atoms with Gasteiger partial charge in [0, 0.05) is 23.3 Å². The Morgan fingerprint density at radius 2 is 2.22 bits per heavy atom. The van der Waals surface area contributed by atoms with Crippen molar-refractivity contribution in [2.24, 2.45) is 5.92 Å². The Hall–Kier alpha value is -1.74. The highest BCUT2D eigenvalue weighted by Gasteiger charge is 2.20. The third kappa shape index (κ3) is 2.41. The van der Waals surface area contributed by atoms with Gasteiger partial charge in [0.15, 0.2) is 5.78 Å². The van der Waals surface area contributed by atoms with Crippen LogP contribution in [0.5, 0.6) is 0 Å². The van der Waals surface area contributed by atoms with Gasteiger partial charge in [-0.1, -0.05) is 18.2 Å². The predicted octanol–water partition coefficient (Wildman–Crippen LogP) is 2.42. The van der Waals surface area contributed by atoms with Crippen molar-refractivity contribution in [1.29, 1.82) is 0 Å². The first-order valence-electron chi connectivity index (χ1n) is 6.41. The van der Waals surface area contributed by atoms with Crippen LogP contribution < -0.4 is 5.32 Å². The van der Waals surface area contributed by atoms with E-state index in [0.717, 1.165) is 28.8 Å². The lowest BCUT2D eigenvalue weighted by Crippen LogP contribution is -2.25. The quantitative estimate of drug-likeness (QED) is 0.816. The minimum absolute atomic E-state index is 0.147. The average Bonchev–Trinajstić information content (AvgIpc) is 3.22. The van der Waals surface area contributed by atoms with Gasteiger partial charge in [-0.25, -0.2) is 0 Å². The van der Waals surface area contributed by atoms with Crippen LogP contribution in [0.25, 0.3) is 10.8 Å². The van der Waals surface area contributed by atoms with Crippen LogP contribution in [0.15, 0.2) is 36.7 Å². The second-order valence-electron chi connectivity index (χ2n) is 4.90. The molecular formula is C15H16N2O. The summed E-state index contributed by atoms with van der Waals surface area (Å²) in [6, 6.07) is 7.75. The number of carbonyl (C=O) groups is 1. The minimum Gasteiger partial charge on any atom is -0.309 e.